The first-order chi connectivity index (χ1) is 12.7. The number of nitrogens with one attached hydrogen (secondary N) is 2. The van der Waals surface area contributed by atoms with E-state index in [9.17, 15) is 0 Å². The molecule has 2 rings (SSSR count). The quantitative estimate of drug-likeness (QED) is 0.521. The summed E-state index contributed by atoms with van der Waals surface area (Å²) >= 11 is 0. The number of hydrogen-bond acceptors (Lipinski definition) is 4. The predicted octanol–water partition coefficient (Wildman–Crippen LogP) is 3.35. The number of hydrogen-bond donors (Lipinski definition) is 2. The summed E-state index contributed by atoms with van der Waals surface area (Å²) in [6.07, 6.45) is 5.37. The molecule has 0 aromatic heterocycles. The number of anilines is 1. The Balaban J connectivity index is 1.96. The van der Waals surface area contributed by atoms with Gasteiger partial charge in [0.05, 0.1) is 20.3 Å². The van der Waals surface area contributed by atoms with Crippen molar-refractivity contribution in [1.29, 1.82) is 0 Å². The molecular weight excluding hydrogens is 328 g/mol. The van der Waals surface area contributed by atoms with Crippen LogP contribution in [0.3, 0.4) is 0 Å². The van der Waals surface area contributed by atoms with Gasteiger partial charge in [-0.2, -0.15) is 0 Å². The van der Waals surface area contributed by atoms with Crippen molar-refractivity contribution >= 4 is 11.6 Å². The Morgan fingerprint density at radius 1 is 1.23 bits per heavy atom. The molecule has 0 heterocycles. The predicted molar refractivity (Wildman–Crippen MR) is 109 cm³/mol. The summed E-state index contributed by atoms with van der Waals surface area (Å²) in [7, 11) is 3.86. The van der Waals surface area contributed by atoms with E-state index in [1.165, 1.54) is 25.7 Å². The number of benzene rings is 1. The molecule has 0 radical (unpaired) electrons. The molecule has 6 heteroatoms. The van der Waals surface area contributed by atoms with E-state index in [2.05, 4.69) is 29.5 Å². The second kappa shape index (κ2) is 10.9. The van der Waals surface area contributed by atoms with Crippen molar-refractivity contribution in [1.82, 2.24) is 10.2 Å². The van der Waals surface area contributed by atoms with E-state index in [-0.39, 0.29) is 0 Å². The van der Waals surface area contributed by atoms with E-state index in [0.717, 1.165) is 48.8 Å². The van der Waals surface area contributed by atoms with Crippen LogP contribution in [0.5, 0.6) is 11.5 Å². The molecule has 1 saturated carbocycles. The minimum Gasteiger partial charge on any atom is -0.493 e. The lowest BCUT2D eigenvalue weighted by Gasteiger charge is -2.23. The molecular formula is C20H34N4O2. The van der Waals surface area contributed by atoms with Gasteiger partial charge in [-0.3, -0.25) is 4.99 Å². The molecule has 0 saturated heterocycles. The molecule has 1 aliphatic carbocycles. The first-order valence-electron chi connectivity index (χ1n) is 9.74. The third-order valence-electron chi connectivity index (χ3n) is 4.74. The minimum absolute atomic E-state index is 0.599. The van der Waals surface area contributed by atoms with E-state index in [0.29, 0.717) is 6.61 Å². The van der Waals surface area contributed by atoms with E-state index < -0.39 is 0 Å². The second-order valence-corrected chi connectivity index (χ2v) is 6.60. The third-order valence-corrected chi connectivity index (χ3v) is 4.74. The second-order valence-electron chi connectivity index (χ2n) is 6.60. The van der Waals surface area contributed by atoms with Crippen LogP contribution in [0, 0.1) is 0 Å². The summed E-state index contributed by atoms with van der Waals surface area (Å²) in [4.78, 5) is 7.16. The van der Waals surface area contributed by atoms with Gasteiger partial charge in [-0.15, -0.1) is 0 Å². The number of aliphatic imine (C=N–C) groups is 1. The van der Waals surface area contributed by atoms with E-state index in [4.69, 9.17) is 14.5 Å². The summed E-state index contributed by atoms with van der Waals surface area (Å²) in [6, 6.07) is 6.56. The maximum absolute atomic E-state index is 5.65. The molecule has 26 heavy (non-hydrogen) atoms. The fraction of sp³-hybridized carbons (Fsp3) is 0.650. The maximum atomic E-state index is 5.65. The first kappa shape index (κ1) is 20.4. The van der Waals surface area contributed by atoms with Crippen molar-refractivity contribution in [2.24, 2.45) is 4.99 Å². The zero-order valence-corrected chi connectivity index (χ0v) is 16.7. The molecule has 1 fully saturated rings. The minimum atomic E-state index is 0.599. The Kier molecular flexibility index (Phi) is 8.54. The van der Waals surface area contributed by atoms with Crippen molar-refractivity contribution in [3.05, 3.63) is 18.2 Å². The highest BCUT2D eigenvalue weighted by molar-refractivity contribution is 5.93. The van der Waals surface area contributed by atoms with Crippen molar-refractivity contribution in [2.45, 2.75) is 45.6 Å². The lowest BCUT2D eigenvalue weighted by atomic mass is 10.2. The highest BCUT2D eigenvalue weighted by Crippen LogP contribution is 2.30. The molecule has 2 N–H and O–H groups in total. The molecule has 0 unspecified atom stereocenters. The van der Waals surface area contributed by atoms with Crippen LogP contribution in [-0.4, -0.2) is 57.3 Å². The lowest BCUT2D eigenvalue weighted by Crippen LogP contribution is -2.34. The van der Waals surface area contributed by atoms with Gasteiger partial charge in [0, 0.05) is 30.9 Å². The van der Waals surface area contributed by atoms with Crippen molar-refractivity contribution < 1.29 is 9.47 Å². The van der Waals surface area contributed by atoms with Crippen LogP contribution < -0.4 is 20.1 Å². The van der Waals surface area contributed by atoms with Crippen molar-refractivity contribution in [2.75, 3.05) is 45.7 Å². The highest BCUT2D eigenvalue weighted by atomic mass is 16.5. The summed E-state index contributed by atoms with van der Waals surface area (Å²) in [6.45, 7) is 7.21. The first-order valence-corrected chi connectivity index (χ1v) is 9.74. The molecule has 0 aliphatic heterocycles. The Hall–Kier alpha value is -1.95. The van der Waals surface area contributed by atoms with Gasteiger partial charge in [0.25, 0.3) is 0 Å². The summed E-state index contributed by atoms with van der Waals surface area (Å²) < 4.78 is 11.0. The Morgan fingerprint density at radius 3 is 2.65 bits per heavy atom. The van der Waals surface area contributed by atoms with Crippen LogP contribution >= 0.6 is 0 Å². The number of likely N-dealkylation sites (N-methyl/N-ethyl adjacent to an activating group) is 1. The molecule has 0 amide bonds. The van der Waals surface area contributed by atoms with Gasteiger partial charge in [-0.05, 0) is 45.9 Å². The maximum Gasteiger partial charge on any atom is 0.195 e. The Bertz CT molecular complexity index is 571. The highest BCUT2D eigenvalue weighted by Gasteiger charge is 2.18. The molecule has 146 valence electrons. The van der Waals surface area contributed by atoms with Crippen molar-refractivity contribution in [3.8, 4) is 11.5 Å². The number of nitrogens with zero attached hydrogens (tertiary/aromatic N) is 2. The van der Waals surface area contributed by atoms with Gasteiger partial charge in [0.15, 0.2) is 17.5 Å². The van der Waals surface area contributed by atoms with Crippen LogP contribution in [0.15, 0.2) is 23.2 Å². The number of rotatable bonds is 9. The average molecular weight is 363 g/mol. The molecule has 0 atom stereocenters. The molecule has 0 spiro atoms. The molecule has 1 aromatic carbocycles. The number of ether oxygens (including phenoxy) is 2. The number of methoxy groups -OCH3 is 1. The summed E-state index contributed by atoms with van der Waals surface area (Å²) in [5.74, 6) is 2.26. The van der Waals surface area contributed by atoms with Crippen LogP contribution in [0.1, 0.15) is 39.5 Å². The van der Waals surface area contributed by atoms with Crippen LogP contribution in [0.25, 0.3) is 0 Å². The van der Waals surface area contributed by atoms with E-state index in [1.807, 2.05) is 25.1 Å². The fourth-order valence-electron chi connectivity index (χ4n) is 3.31. The van der Waals surface area contributed by atoms with Gasteiger partial charge in [-0.25, -0.2) is 0 Å². The normalized spacial score (nSPS) is 15.3. The van der Waals surface area contributed by atoms with E-state index in [1.54, 1.807) is 7.11 Å². The average Bonchev–Trinajstić information content (AvgIpc) is 3.17. The van der Waals surface area contributed by atoms with Gasteiger partial charge in [0.2, 0.25) is 0 Å². The monoisotopic (exact) mass is 362 g/mol. The Morgan fingerprint density at radius 2 is 2.00 bits per heavy atom. The fourth-order valence-corrected chi connectivity index (χ4v) is 3.31. The Labute approximate surface area is 158 Å². The topological polar surface area (TPSA) is 58.1 Å². The molecule has 1 aromatic rings. The standard InChI is InChI=1S/C20H34N4O2/c1-5-21-20(22-13-14-24(3)17-9-7-8-10-17)23-16-11-12-18(25-4)19(15-16)26-6-2/h11-12,15,17H,5-10,13-14H2,1-4H3,(H2,21,22,23). The number of guanidine groups is 1. The zero-order valence-electron chi connectivity index (χ0n) is 16.7. The lowest BCUT2D eigenvalue weighted by molar-refractivity contribution is 0.252. The van der Waals surface area contributed by atoms with Gasteiger partial charge >= 0.3 is 0 Å². The van der Waals surface area contributed by atoms with Crippen molar-refractivity contribution in [3.63, 3.8) is 0 Å². The zero-order chi connectivity index (χ0) is 18.8. The third kappa shape index (κ3) is 6.09. The van der Waals surface area contributed by atoms with Gasteiger partial charge in [0.1, 0.15) is 0 Å². The smallest absolute Gasteiger partial charge is 0.195 e. The van der Waals surface area contributed by atoms with Crippen LogP contribution in [-0.2, 0) is 0 Å². The largest absolute Gasteiger partial charge is 0.493 e. The SMILES string of the molecule is CCNC(=NCCN(C)C1CCCC1)Nc1ccc(OC)c(OCC)c1. The van der Waals surface area contributed by atoms with Crippen LogP contribution in [0.4, 0.5) is 5.69 Å². The van der Waals surface area contributed by atoms with Crippen LogP contribution in [0.2, 0.25) is 0 Å². The van der Waals surface area contributed by atoms with E-state index >= 15 is 0 Å². The molecule has 6 nitrogen and oxygen atoms in total. The van der Waals surface area contributed by atoms with Gasteiger partial charge < -0.3 is 25.0 Å². The van der Waals surface area contributed by atoms with Gasteiger partial charge in [-0.1, -0.05) is 12.8 Å². The molecule has 0 bridgehead atoms. The summed E-state index contributed by atoms with van der Waals surface area (Å²) in [5.41, 5.74) is 0.929. The summed E-state index contributed by atoms with van der Waals surface area (Å²) in [5, 5.41) is 6.66. The molecule has 1 aliphatic rings.